The summed E-state index contributed by atoms with van der Waals surface area (Å²) in [5.74, 6) is 1.47. The quantitative estimate of drug-likeness (QED) is 0.906. The predicted octanol–water partition coefficient (Wildman–Crippen LogP) is 2.19. The molecule has 1 aliphatic rings. The minimum atomic E-state index is 0.00626. The Morgan fingerprint density at radius 2 is 2.00 bits per heavy atom. The molecule has 0 aliphatic carbocycles. The maximum Gasteiger partial charge on any atom is 0.227 e. The van der Waals surface area contributed by atoms with E-state index in [1.54, 1.807) is 0 Å². The Morgan fingerprint density at radius 1 is 1.23 bits per heavy atom. The summed E-state index contributed by atoms with van der Waals surface area (Å²) in [6, 6.07) is 2.06. The monoisotopic (exact) mass is 300 g/mol. The predicted molar refractivity (Wildman–Crippen MR) is 90.5 cm³/mol. The maximum atomic E-state index is 4.65. The van der Waals surface area contributed by atoms with E-state index in [9.17, 15) is 0 Å². The number of fused-ring (bicyclic) bond motifs is 1. The van der Waals surface area contributed by atoms with Crippen molar-refractivity contribution in [2.75, 3.05) is 37.8 Å². The van der Waals surface area contributed by atoms with E-state index < -0.39 is 0 Å². The van der Waals surface area contributed by atoms with Gasteiger partial charge in [-0.1, -0.05) is 0 Å². The van der Waals surface area contributed by atoms with Crippen LogP contribution in [0.4, 0.5) is 11.8 Å². The molecule has 0 spiro atoms. The van der Waals surface area contributed by atoms with E-state index in [2.05, 4.69) is 57.4 Å². The van der Waals surface area contributed by atoms with Crippen LogP contribution in [0.15, 0.2) is 6.07 Å². The molecule has 22 heavy (non-hydrogen) atoms. The molecule has 1 aliphatic heterocycles. The molecule has 1 atom stereocenters. The summed E-state index contributed by atoms with van der Waals surface area (Å²) in [6.45, 7) is 8.36. The molecule has 0 unspecified atom stereocenters. The van der Waals surface area contributed by atoms with Gasteiger partial charge >= 0.3 is 0 Å². The molecule has 1 saturated heterocycles. The van der Waals surface area contributed by atoms with Crippen molar-refractivity contribution < 1.29 is 0 Å². The second-order valence-corrected chi connectivity index (χ2v) is 6.60. The second kappa shape index (κ2) is 5.35. The molecule has 2 aromatic rings. The van der Waals surface area contributed by atoms with E-state index in [0.717, 1.165) is 47.6 Å². The fraction of sp³-hybridized carbons (Fsp3) is 0.562. The molecule has 1 fully saturated rings. The normalized spacial score (nSPS) is 22.2. The first kappa shape index (κ1) is 15.0. The highest BCUT2D eigenvalue weighted by atomic mass is 15.2. The van der Waals surface area contributed by atoms with Crippen LogP contribution in [0.5, 0.6) is 0 Å². The molecule has 3 rings (SSSR count). The minimum Gasteiger partial charge on any atom is -0.372 e. The molecule has 6 nitrogen and oxygen atoms in total. The summed E-state index contributed by atoms with van der Waals surface area (Å²) in [7, 11) is 4.03. The first-order chi connectivity index (χ1) is 10.4. The standard InChI is InChI=1S/C16H24N6/c1-10-8-11(2)18-14-12(10)13(17-4)19-15(20-14)21-16(3)6-7-22(5)9-16/h8H,6-7,9H2,1-5H3,(H2,17,18,19,20,21)/t16-/m1/s1. The Hall–Kier alpha value is -1.95. The molecule has 6 heteroatoms. The summed E-state index contributed by atoms with van der Waals surface area (Å²) in [5.41, 5.74) is 2.87. The summed E-state index contributed by atoms with van der Waals surface area (Å²) >= 11 is 0. The van der Waals surface area contributed by atoms with Crippen LogP contribution >= 0.6 is 0 Å². The Balaban J connectivity index is 2.04. The third-order valence-corrected chi connectivity index (χ3v) is 4.31. The highest BCUT2D eigenvalue weighted by Crippen LogP contribution is 2.28. The van der Waals surface area contributed by atoms with Crippen molar-refractivity contribution in [2.45, 2.75) is 32.7 Å². The van der Waals surface area contributed by atoms with Crippen LogP contribution in [-0.2, 0) is 0 Å². The fourth-order valence-corrected chi connectivity index (χ4v) is 3.28. The van der Waals surface area contributed by atoms with E-state index in [1.807, 2.05) is 14.0 Å². The smallest absolute Gasteiger partial charge is 0.227 e. The van der Waals surface area contributed by atoms with Crippen LogP contribution in [0.2, 0.25) is 0 Å². The summed E-state index contributed by atoms with van der Waals surface area (Å²) in [4.78, 5) is 16.2. The van der Waals surface area contributed by atoms with Gasteiger partial charge in [-0.25, -0.2) is 4.98 Å². The van der Waals surface area contributed by atoms with Crippen molar-refractivity contribution in [1.82, 2.24) is 19.9 Å². The molecule has 2 aromatic heterocycles. The highest BCUT2D eigenvalue weighted by Gasteiger charge is 2.32. The van der Waals surface area contributed by atoms with E-state index >= 15 is 0 Å². The van der Waals surface area contributed by atoms with Gasteiger partial charge in [0.15, 0.2) is 5.65 Å². The van der Waals surface area contributed by atoms with Gasteiger partial charge in [0, 0.05) is 25.8 Å². The van der Waals surface area contributed by atoms with Crippen LogP contribution < -0.4 is 10.6 Å². The maximum absolute atomic E-state index is 4.65. The zero-order valence-corrected chi connectivity index (χ0v) is 14.0. The number of aryl methyl sites for hydroxylation is 2. The molecule has 0 bridgehead atoms. The Labute approximate surface area is 131 Å². The Morgan fingerprint density at radius 3 is 2.64 bits per heavy atom. The van der Waals surface area contributed by atoms with Crippen molar-refractivity contribution in [3.05, 3.63) is 17.3 Å². The zero-order chi connectivity index (χ0) is 15.9. The van der Waals surface area contributed by atoms with E-state index in [-0.39, 0.29) is 5.54 Å². The Bertz CT molecular complexity index is 713. The Kier molecular flexibility index (Phi) is 3.64. The highest BCUT2D eigenvalue weighted by molar-refractivity contribution is 5.90. The van der Waals surface area contributed by atoms with Gasteiger partial charge in [0.1, 0.15) is 5.82 Å². The number of nitrogens with one attached hydrogen (secondary N) is 2. The van der Waals surface area contributed by atoms with Crippen molar-refractivity contribution in [3.63, 3.8) is 0 Å². The number of nitrogens with zero attached hydrogens (tertiary/aromatic N) is 4. The zero-order valence-electron chi connectivity index (χ0n) is 14.0. The number of aromatic nitrogens is 3. The van der Waals surface area contributed by atoms with Gasteiger partial charge in [-0.05, 0) is 45.9 Å². The number of likely N-dealkylation sites (N-methyl/N-ethyl adjacent to an activating group) is 1. The van der Waals surface area contributed by atoms with Crippen LogP contribution in [0.3, 0.4) is 0 Å². The van der Waals surface area contributed by atoms with Crippen molar-refractivity contribution in [2.24, 2.45) is 0 Å². The number of likely N-dealkylation sites (tertiary alicyclic amines) is 1. The molecule has 2 N–H and O–H groups in total. The largest absolute Gasteiger partial charge is 0.372 e. The van der Waals surface area contributed by atoms with Crippen LogP contribution in [0.25, 0.3) is 11.0 Å². The molecule has 0 amide bonds. The van der Waals surface area contributed by atoms with Gasteiger partial charge in [-0.15, -0.1) is 0 Å². The minimum absolute atomic E-state index is 0.00626. The lowest BCUT2D eigenvalue weighted by Crippen LogP contribution is -2.38. The molecule has 0 radical (unpaired) electrons. The summed E-state index contributed by atoms with van der Waals surface area (Å²) in [6.07, 6.45) is 1.08. The van der Waals surface area contributed by atoms with Crippen molar-refractivity contribution >= 4 is 22.8 Å². The summed E-state index contributed by atoms with van der Waals surface area (Å²) < 4.78 is 0. The number of hydrogen-bond acceptors (Lipinski definition) is 6. The first-order valence-corrected chi connectivity index (χ1v) is 7.71. The lowest BCUT2D eigenvalue weighted by molar-refractivity contribution is 0.391. The number of rotatable bonds is 3. The molecular weight excluding hydrogens is 276 g/mol. The fourth-order valence-electron chi connectivity index (χ4n) is 3.28. The van der Waals surface area contributed by atoms with Crippen LogP contribution in [0, 0.1) is 13.8 Å². The van der Waals surface area contributed by atoms with Gasteiger partial charge in [0.05, 0.1) is 10.9 Å². The van der Waals surface area contributed by atoms with Gasteiger partial charge in [-0.2, -0.15) is 9.97 Å². The molecule has 3 heterocycles. The molecule has 0 aromatic carbocycles. The van der Waals surface area contributed by atoms with Crippen LogP contribution in [-0.4, -0.2) is 52.6 Å². The van der Waals surface area contributed by atoms with E-state index in [0.29, 0.717) is 5.95 Å². The van der Waals surface area contributed by atoms with Crippen LogP contribution in [0.1, 0.15) is 24.6 Å². The SMILES string of the molecule is CNc1nc(N[C@]2(C)CCN(C)C2)nc2nc(C)cc(C)c12. The van der Waals surface area contributed by atoms with Gasteiger partial charge in [0.25, 0.3) is 0 Å². The third kappa shape index (κ3) is 2.70. The van der Waals surface area contributed by atoms with Gasteiger partial charge in [0.2, 0.25) is 5.95 Å². The second-order valence-electron chi connectivity index (χ2n) is 6.60. The average molecular weight is 300 g/mol. The third-order valence-electron chi connectivity index (χ3n) is 4.31. The number of pyridine rings is 1. The molecule has 118 valence electrons. The number of hydrogen-bond donors (Lipinski definition) is 2. The van der Waals surface area contributed by atoms with E-state index in [4.69, 9.17) is 0 Å². The lowest BCUT2D eigenvalue weighted by atomic mass is 10.0. The van der Waals surface area contributed by atoms with E-state index in [1.165, 1.54) is 0 Å². The molecular formula is C16H24N6. The summed E-state index contributed by atoms with van der Waals surface area (Å²) in [5, 5.41) is 7.68. The first-order valence-electron chi connectivity index (χ1n) is 7.71. The average Bonchev–Trinajstić information content (AvgIpc) is 2.76. The topological polar surface area (TPSA) is 66.0 Å². The molecule has 0 saturated carbocycles. The number of anilines is 2. The van der Waals surface area contributed by atoms with Gasteiger partial charge in [-0.3, -0.25) is 0 Å². The van der Waals surface area contributed by atoms with Crippen molar-refractivity contribution in [1.29, 1.82) is 0 Å². The lowest BCUT2D eigenvalue weighted by Gasteiger charge is -2.25. The van der Waals surface area contributed by atoms with Gasteiger partial charge < -0.3 is 15.5 Å². The van der Waals surface area contributed by atoms with Crippen molar-refractivity contribution in [3.8, 4) is 0 Å².